The number of hydrogen-bond donors (Lipinski definition) is 0. The number of carbonyl (C=O) groups excluding carboxylic acids is 1. The van der Waals surface area contributed by atoms with Crippen molar-refractivity contribution in [1.82, 2.24) is 4.90 Å². The molecule has 4 rings (SSSR count). The van der Waals surface area contributed by atoms with Crippen molar-refractivity contribution in [2.24, 2.45) is 11.3 Å². The van der Waals surface area contributed by atoms with Crippen LogP contribution in [0.4, 0.5) is 13.2 Å². The van der Waals surface area contributed by atoms with Gasteiger partial charge >= 0.3 is 6.18 Å². The van der Waals surface area contributed by atoms with Crippen LogP contribution in [0.2, 0.25) is 5.02 Å². The summed E-state index contributed by atoms with van der Waals surface area (Å²) in [5.74, 6) is -1.01. The molecule has 2 aliphatic heterocycles. The van der Waals surface area contributed by atoms with Gasteiger partial charge in [0, 0.05) is 36.7 Å². The maximum Gasteiger partial charge on any atom is 0.392 e. The first kappa shape index (κ1) is 22.7. The Kier molecular flexibility index (Phi) is 6.46. The van der Waals surface area contributed by atoms with E-state index in [-0.39, 0.29) is 25.4 Å². The SMILES string of the molecule is O=C(N1CCC(C(F)(F)F)C2(CCOCC2)C1)C1(Oc2ccc(Cl)cc2)CCCCC1. The van der Waals surface area contributed by atoms with Crippen LogP contribution < -0.4 is 4.74 Å². The lowest BCUT2D eigenvalue weighted by atomic mass is 9.65. The molecule has 1 saturated carbocycles. The Balaban J connectivity index is 1.59. The smallest absolute Gasteiger partial charge is 0.392 e. The van der Waals surface area contributed by atoms with Gasteiger partial charge < -0.3 is 14.4 Å². The molecule has 3 fully saturated rings. The van der Waals surface area contributed by atoms with E-state index in [1.54, 1.807) is 29.2 Å². The van der Waals surface area contributed by atoms with E-state index < -0.39 is 23.1 Å². The van der Waals surface area contributed by atoms with Crippen molar-refractivity contribution in [2.75, 3.05) is 26.3 Å². The van der Waals surface area contributed by atoms with E-state index in [1.807, 2.05) is 0 Å². The van der Waals surface area contributed by atoms with Crippen molar-refractivity contribution in [2.45, 2.75) is 63.1 Å². The summed E-state index contributed by atoms with van der Waals surface area (Å²) >= 11 is 5.97. The van der Waals surface area contributed by atoms with Gasteiger partial charge in [0.2, 0.25) is 0 Å². The fourth-order valence-corrected chi connectivity index (χ4v) is 5.75. The van der Waals surface area contributed by atoms with Gasteiger partial charge in [-0.15, -0.1) is 0 Å². The zero-order chi connectivity index (χ0) is 22.1. The lowest BCUT2D eigenvalue weighted by molar-refractivity contribution is -0.236. The molecule has 1 amide bonds. The van der Waals surface area contributed by atoms with Gasteiger partial charge in [-0.25, -0.2) is 0 Å². The Bertz CT molecular complexity index is 771. The van der Waals surface area contributed by atoms with Crippen LogP contribution >= 0.6 is 11.6 Å². The maximum atomic E-state index is 13.9. The van der Waals surface area contributed by atoms with Crippen LogP contribution in [0.1, 0.15) is 51.4 Å². The highest BCUT2D eigenvalue weighted by Crippen LogP contribution is 2.51. The number of ether oxygens (including phenoxy) is 2. The number of halogens is 4. The Morgan fingerprint density at radius 1 is 1.06 bits per heavy atom. The summed E-state index contributed by atoms with van der Waals surface area (Å²) in [4.78, 5) is 15.4. The molecule has 2 heterocycles. The van der Waals surface area contributed by atoms with Crippen molar-refractivity contribution in [3.8, 4) is 5.75 Å². The molecular formula is C23H29ClF3NO3. The molecule has 1 spiro atoms. The average Bonchev–Trinajstić information content (AvgIpc) is 2.75. The minimum Gasteiger partial charge on any atom is -0.477 e. The number of hydrogen-bond acceptors (Lipinski definition) is 3. The average molecular weight is 460 g/mol. The first-order chi connectivity index (χ1) is 14.7. The summed E-state index contributed by atoms with van der Waals surface area (Å²) in [7, 11) is 0. The Labute approximate surface area is 186 Å². The molecule has 172 valence electrons. The van der Waals surface area contributed by atoms with Crippen molar-refractivity contribution in [3.05, 3.63) is 29.3 Å². The van der Waals surface area contributed by atoms with E-state index in [1.165, 1.54) is 0 Å². The molecule has 3 aliphatic rings. The minimum absolute atomic E-state index is 0.0632. The lowest BCUT2D eigenvalue weighted by Gasteiger charge is -2.52. The molecule has 0 N–H and O–H groups in total. The topological polar surface area (TPSA) is 38.8 Å². The molecule has 8 heteroatoms. The third-order valence-electron chi connectivity index (χ3n) is 7.28. The molecule has 0 aromatic heterocycles. The van der Waals surface area contributed by atoms with Gasteiger partial charge in [-0.2, -0.15) is 13.2 Å². The molecule has 1 aromatic rings. The molecule has 1 unspecified atom stereocenters. The van der Waals surface area contributed by atoms with Crippen LogP contribution in [0.25, 0.3) is 0 Å². The molecule has 2 saturated heterocycles. The quantitative estimate of drug-likeness (QED) is 0.588. The number of likely N-dealkylation sites (tertiary alicyclic amines) is 1. The van der Waals surface area contributed by atoms with E-state index in [4.69, 9.17) is 21.1 Å². The number of carbonyl (C=O) groups is 1. The van der Waals surface area contributed by atoms with Crippen LogP contribution in [-0.4, -0.2) is 48.9 Å². The number of amides is 1. The van der Waals surface area contributed by atoms with Gasteiger partial charge in [0.05, 0.1) is 5.92 Å². The summed E-state index contributed by atoms with van der Waals surface area (Å²) in [6.45, 7) is 0.838. The van der Waals surface area contributed by atoms with Crippen LogP contribution in [0, 0.1) is 11.3 Å². The number of piperidine rings is 1. The van der Waals surface area contributed by atoms with E-state index in [2.05, 4.69) is 0 Å². The van der Waals surface area contributed by atoms with E-state index in [0.29, 0.717) is 49.7 Å². The molecule has 0 bridgehead atoms. The van der Waals surface area contributed by atoms with Gasteiger partial charge in [-0.05, 0) is 69.2 Å². The molecule has 4 nitrogen and oxygen atoms in total. The number of benzene rings is 1. The second-order valence-corrected chi connectivity index (χ2v) is 9.63. The molecular weight excluding hydrogens is 431 g/mol. The highest BCUT2D eigenvalue weighted by molar-refractivity contribution is 6.30. The highest BCUT2D eigenvalue weighted by Gasteiger charge is 2.58. The standard InChI is InChI=1S/C23H29ClF3NO3/c24-17-4-6-18(7-5-17)31-22(9-2-1-3-10-22)20(29)28-13-8-19(23(25,26)27)21(16-28)11-14-30-15-12-21/h4-7,19H,1-3,8-16H2. The summed E-state index contributed by atoms with van der Waals surface area (Å²) < 4.78 is 53.3. The summed E-state index contributed by atoms with van der Waals surface area (Å²) in [6, 6.07) is 6.90. The molecule has 31 heavy (non-hydrogen) atoms. The first-order valence-electron chi connectivity index (χ1n) is 11.1. The normalized spacial score (nSPS) is 25.9. The van der Waals surface area contributed by atoms with Crippen LogP contribution in [0.3, 0.4) is 0 Å². The Hall–Kier alpha value is -1.47. The second-order valence-electron chi connectivity index (χ2n) is 9.20. The molecule has 0 radical (unpaired) electrons. The number of alkyl halides is 3. The fraction of sp³-hybridized carbons (Fsp3) is 0.696. The Morgan fingerprint density at radius 2 is 1.71 bits per heavy atom. The second kappa shape index (κ2) is 8.81. The monoisotopic (exact) mass is 459 g/mol. The number of rotatable bonds is 3. The van der Waals surface area contributed by atoms with Crippen molar-refractivity contribution in [3.63, 3.8) is 0 Å². The van der Waals surface area contributed by atoms with Crippen molar-refractivity contribution >= 4 is 17.5 Å². The van der Waals surface area contributed by atoms with Gasteiger partial charge in [0.25, 0.3) is 5.91 Å². The first-order valence-corrected chi connectivity index (χ1v) is 11.5. The predicted octanol–water partition coefficient (Wildman–Crippen LogP) is 5.63. The zero-order valence-corrected chi connectivity index (χ0v) is 18.3. The lowest BCUT2D eigenvalue weighted by Crippen LogP contribution is -2.61. The third-order valence-corrected chi connectivity index (χ3v) is 7.53. The zero-order valence-electron chi connectivity index (χ0n) is 17.6. The number of nitrogens with zero attached hydrogens (tertiary/aromatic N) is 1. The van der Waals surface area contributed by atoms with E-state index in [9.17, 15) is 18.0 Å². The third kappa shape index (κ3) is 4.68. The molecule has 1 atom stereocenters. The summed E-state index contributed by atoms with van der Waals surface area (Å²) in [5, 5.41) is 0.576. The van der Waals surface area contributed by atoms with Gasteiger partial charge in [0.15, 0.2) is 5.60 Å². The highest BCUT2D eigenvalue weighted by atomic mass is 35.5. The van der Waals surface area contributed by atoms with Crippen LogP contribution in [-0.2, 0) is 9.53 Å². The molecule has 1 aliphatic carbocycles. The van der Waals surface area contributed by atoms with Gasteiger partial charge in [-0.3, -0.25) is 4.79 Å². The van der Waals surface area contributed by atoms with Crippen LogP contribution in [0.5, 0.6) is 5.75 Å². The van der Waals surface area contributed by atoms with Crippen molar-refractivity contribution in [1.29, 1.82) is 0 Å². The summed E-state index contributed by atoms with van der Waals surface area (Å²) in [5.41, 5.74) is -2.00. The predicted molar refractivity (Wildman–Crippen MR) is 111 cm³/mol. The Morgan fingerprint density at radius 3 is 2.32 bits per heavy atom. The summed E-state index contributed by atoms with van der Waals surface area (Å²) in [6.07, 6.45) is 0.206. The maximum absolute atomic E-state index is 13.9. The fourth-order valence-electron chi connectivity index (χ4n) is 5.63. The van der Waals surface area contributed by atoms with Gasteiger partial charge in [-0.1, -0.05) is 18.0 Å². The van der Waals surface area contributed by atoms with E-state index in [0.717, 1.165) is 19.3 Å². The molecule has 1 aromatic carbocycles. The minimum atomic E-state index is -4.27. The van der Waals surface area contributed by atoms with Crippen LogP contribution in [0.15, 0.2) is 24.3 Å². The largest absolute Gasteiger partial charge is 0.477 e. The van der Waals surface area contributed by atoms with Crippen molar-refractivity contribution < 1.29 is 27.4 Å². The van der Waals surface area contributed by atoms with Gasteiger partial charge in [0.1, 0.15) is 5.75 Å². The van der Waals surface area contributed by atoms with E-state index >= 15 is 0 Å².